The van der Waals surface area contributed by atoms with Crippen molar-refractivity contribution in [2.75, 3.05) is 29.9 Å². The molecule has 1 aromatic heterocycles. The van der Waals surface area contributed by atoms with Gasteiger partial charge in [0.25, 0.3) is 5.91 Å². The van der Waals surface area contributed by atoms with Crippen LogP contribution in [0.4, 0.5) is 5.82 Å². The summed E-state index contributed by atoms with van der Waals surface area (Å²) in [6.07, 6.45) is 1.78. The molecule has 0 aliphatic heterocycles. The van der Waals surface area contributed by atoms with Crippen LogP contribution in [0, 0.1) is 0 Å². The molecule has 1 unspecified atom stereocenters. The van der Waals surface area contributed by atoms with Gasteiger partial charge in [0.15, 0.2) is 0 Å². The van der Waals surface area contributed by atoms with Crippen LogP contribution in [0.25, 0.3) is 0 Å². The number of hydrogen-bond acceptors (Lipinski definition) is 4. The fourth-order valence-electron chi connectivity index (χ4n) is 1.77. The number of aromatic nitrogens is 1. The highest BCUT2D eigenvalue weighted by Crippen LogP contribution is 2.11. The summed E-state index contributed by atoms with van der Waals surface area (Å²) >= 11 is 0. The number of hydrogen-bond donors (Lipinski definition) is 2. The summed E-state index contributed by atoms with van der Waals surface area (Å²) in [5.74, 6) is 1.71. The normalized spacial score (nSPS) is 12.0. The van der Waals surface area contributed by atoms with Crippen LogP contribution < -0.4 is 10.6 Å². The van der Waals surface area contributed by atoms with Crippen LogP contribution in [0.5, 0.6) is 0 Å². The van der Waals surface area contributed by atoms with Gasteiger partial charge >= 0.3 is 0 Å². The van der Waals surface area contributed by atoms with Crippen molar-refractivity contribution < 1.29 is 9.00 Å². The highest BCUT2D eigenvalue weighted by Gasteiger charge is 2.09. The molecule has 0 bridgehead atoms. The third-order valence-corrected chi connectivity index (χ3v) is 4.30. The Hall–Kier alpha value is -1.43. The molecule has 21 heavy (non-hydrogen) atoms. The van der Waals surface area contributed by atoms with Crippen LogP contribution in [-0.2, 0) is 17.2 Å². The maximum atomic E-state index is 12.1. The SMILES string of the molecule is CCCNc1cc(C(=O)NCCS(=O)CC)cc(CC)n1. The van der Waals surface area contributed by atoms with Crippen LogP contribution in [0.2, 0.25) is 0 Å². The molecule has 0 fully saturated rings. The van der Waals surface area contributed by atoms with Gasteiger partial charge in [0.1, 0.15) is 5.82 Å². The van der Waals surface area contributed by atoms with Crippen molar-refractivity contribution >= 4 is 22.5 Å². The second-order valence-electron chi connectivity index (χ2n) is 4.70. The summed E-state index contributed by atoms with van der Waals surface area (Å²) in [6.45, 7) is 7.23. The standard InChI is InChI=1S/C15H25N3O2S/c1-4-7-16-14-11-12(10-13(5-2)18-14)15(19)17-8-9-21(20)6-3/h10-11H,4-9H2,1-3H3,(H,16,18)(H,17,19). The molecule has 1 amide bonds. The molecular formula is C15H25N3O2S. The molecule has 1 heterocycles. The zero-order valence-electron chi connectivity index (χ0n) is 13.1. The van der Waals surface area contributed by atoms with Crippen molar-refractivity contribution in [3.8, 4) is 0 Å². The number of pyridine rings is 1. The molecule has 1 aromatic rings. The summed E-state index contributed by atoms with van der Waals surface area (Å²) in [5.41, 5.74) is 1.49. The van der Waals surface area contributed by atoms with Crippen molar-refractivity contribution in [2.24, 2.45) is 0 Å². The number of carbonyl (C=O) groups excluding carboxylic acids is 1. The van der Waals surface area contributed by atoms with Gasteiger partial charge in [0, 0.05) is 46.7 Å². The predicted octanol–water partition coefficient (Wildman–Crippen LogP) is 1.96. The van der Waals surface area contributed by atoms with Crippen molar-refractivity contribution in [3.05, 3.63) is 23.4 Å². The van der Waals surface area contributed by atoms with E-state index in [4.69, 9.17) is 0 Å². The van der Waals surface area contributed by atoms with E-state index in [-0.39, 0.29) is 5.91 Å². The first-order chi connectivity index (χ1) is 10.1. The molecule has 0 aromatic carbocycles. The van der Waals surface area contributed by atoms with Gasteiger partial charge < -0.3 is 10.6 Å². The Morgan fingerprint density at radius 1 is 1.24 bits per heavy atom. The smallest absolute Gasteiger partial charge is 0.251 e. The number of rotatable bonds is 9. The lowest BCUT2D eigenvalue weighted by Crippen LogP contribution is -2.28. The van der Waals surface area contributed by atoms with E-state index < -0.39 is 10.8 Å². The Labute approximate surface area is 129 Å². The van der Waals surface area contributed by atoms with Crippen molar-refractivity contribution in [3.63, 3.8) is 0 Å². The van der Waals surface area contributed by atoms with Gasteiger partial charge in [0.05, 0.1) is 0 Å². The van der Waals surface area contributed by atoms with E-state index in [2.05, 4.69) is 22.5 Å². The average Bonchev–Trinajstić information content (AvgIpc) is 2.52. The molecule has 6 heteroatoms. The Morgan fingerprint density at radius 2 is 2.00 bits per heavy atom. The van der Waals surface area contributed by atoms with Gasteiger partial charge in [-0.15, -0.1) is 0 Å². The fraction of sp³-hybridized carbons (Fsp3) is 0.600. The van der Waals surface area contributed by atoms with Gasteiger partial charge in [-0.25, -0.2) is 4.98 Å². The molecule has 0 saturated carbocycles. The summed E-state index contributed by atoms with van der Waals surface area (Å²) in [4.78, 5) is 16.6. The van der Waals surface area contributed by atoms with Gasteiger partial charge in [0.2, 0.25) is 0 Å². The number of nitrogens with one attached hydrogen (secondary N) is 2. The second kappa shape index (κ2) is 9.50. The van der Waals surface area contributed by atoms with Crippen molar-refractivity contribution in [1.29, 1.82) is 0 Å². The largest absolute Gasteiger partial charge is 0.370 e. The van der Waals surface area contributed by atoms with Gasteiger partial charge in [-0.05, 0) is 25.0 Å². The quantitative estimate of drug-likeness (QED) is 0.731. The lowest BCUT2D eigenvalue weighted by molar-refractivity contribution is 0.0956. The number of nitrogens with zero attached hydrogens (tertiary/aromatic N) is 1. The first-order valence-electron chi connectivity index (χ1n) is 7.48. The van der Waals surface area contributed by atoms with Crippen LogP contribution >= 0.6 is 0 Å². The summed E-state index contributed by atoms with van der Waals surface area (Å²) in [7, 11) is -0.854. The zero-order chi connectivity index (χ0) is 15.7. The first-order valence-corrected chi connectivity index (χ1v) is 8.97. The highest BCUT2D eigenvalue weighted by atomic mass is 32.2. The lowest BCUT2D eigenvalue weighted by atomic mass is 10.2. The van der Waals surface area contributed by atoms with E-state index in [1.54, 1.807) is 6.07 Å². The van der Waals surface area contributed by atoms with Crippen molar-refractivity contribution in [1.82, 2.24) is 10.3 Å². The second-order valence-corrected chi connectivity index (χ2v) is 6.57. The molecule has 0 aliphatic carbocycles. The van der Waals surface area contributed by atoms with Gasteiger partial charge in [-0.3, -0.25) is 9.00 Å². The molecular weight excluding hydrogens is 286 g/mol. The van der Waals surface area contributed by atoms with E-state index in [0.717, 1.165) is 30.9 Å². The lowest BCUT2D eigenvalue weighted by Gasteiger charge is -2.10. The number of anilines is 1. The minimum absolute atomic E-state index is 0.139. The maximum absolute atomic E-state index is 12.1. The number of aryl methyl sites for hydroxylation is 1. The molecule has 1 rings (SSSR count). The fourth-order valence-corrected chi connectivity index (χ4v) is 2.39. The van der Waals surface area contributed by atoms with Gasteiger partial charge in [-0.2, -0.15) is 0 Å². The van der Waals surface area contributed by atoms with E-state index in [1.807, 2.05) is 19.9 Å². The molecule has 0 saturated heterocycles. The van der Waals surface area contributed by atoms with Crippen LogP contribution in [0.3, 0.4) is 0 Å². The van der Waals surface area contributed by atoms with Crippen molar-refractivity contribution in [2.45, 2.75) is 33.6 Å². The molecule has 5 nitrogen and oxygen atoms in total. The summed E-state index contributed by atoms with van der Waals surface area (Å²) in [6, 6.07) is 3.57. The number of carbonyl (C=O) groups is 1. The van der Waals surface area contributed by atoms with Crippen LogP contribution in [-0.4, -0.2) is 39.7 Å². The Bertz CT molecular complexity index is 492. The maximum Gasteiger partial charge on any atom is 0.251 e. The van der Waals surface area contributed by atoms with Gasteiger partial charge in [-0.1, -0.05) is 20.8 Å². The summed E-state index contributed by atoms with van der Waals surface area (Å²) < 4.78 is 11.3. The predicted molar refractivity (Wildman–Crippen MR) is 88.3 cm³/mol. The third-order valence-electron chi connectivity index (χ3n) is 3.00. The van der Waals surface area contributed by atoms with Crippen LogP contribution in [0.1, 0.15) is 43.2 Å². The van der Waals surface area contributed by atoms with E-state index >= 15 is 0 Å². The molecule has 0 aliphatic rings. The minimum Gasteiger partial charge on any atom is -0.370 e. The Balaban J connectivity index is 2.70. The third kappa shape index (κ3) is 6.25. The average molecular weight is 311 g/mol. The van der Waals surface area contributed by atoms with Crippen LogP contribution in [0.15, 0.2) is 12.1 Å². The Kier molecular flexibility index (Phi) is 7.97. The number of amides is 1. The van der Waals surface area contributed by atoms with E-state index in [1.165, 1.54) is 0 Å². The van der Waals surface area contributed by atoms with E-state index in [9.17, 15) is 9.00 Å². The zero-order valence-corrected chi connectivity index (χ0v) is 13.9. The highest BCUT2D eigenvalue weighted by molar-refractivity contribution is 7.84. The minimum atomic E-state index is -0.854. The monoisotopic (exact) mass is 311 g/mol. The van der Waals surface area contributed by atoms with E-state index in [0.29, 0.717) is 23.6 Å². The topological polar surface area (TPSA) is 71.1 Å². The molecule has 0 radical (unpaired) electrons. The first kappa shape index (κ1) is 17.6. The molecule has 1 atom stereocenters. The summed E-state index contributed by atoms with van der Waals surface area (Å²) in [5, 5.41) is 6.02. The molecule has 0 spiro atoms. The molecule has 118 valence electrons. The Morgan fingerprint density at radius 3 is 2.62 bits per heavy atom. The molecule has 2 N–H and O–H groups in total.